The van der Waals surface area contributed by atoms with Crippen LogP contribution >= 0.6 is 11.3 Å². The molecule has 0 atom stereocenters. The molecule has 2 heteroatoms. The Morgan fingerprint density at radius 1 is 1.15 bits per heavy atom. The van der Waals surface area contributed by atoms with Gasteiger partial charge in [0, 0.05) is 9.75 Å². The van der Waals surface area contributed by atoms with Crippen LogP contribution in [0.15, 0.2) is 12.1 Å². The minimum Gasteiger partial charge on any atom is -0.330 e. The summed E-state index contributed by atoms with van der Waals surface area (Å²) in [6.45, 7) is 3.05. The van der Waals surface area contributed by atoms with Gasteiger partial charge in [-0.25, -0.2) is 0 Å². The first kappa shape index (κ1) is 10.7. The molecule has 0 fully saturated rings. The van der Waals surface area contributed by atoms with Crippen molar-refractivity contribution < 1.29 is 0 Å². The Labute approximate surface area is 85.0 Å². The van der Waals surface area contributed by atoms with Gasteiger partial charge in [-0.2, -0.15) is 0 Å². The Morgan fingerprint density at radius 3 is 2.31 bits per heavy atom. The summed E-state index contributed by atoms with van der Waals surface area (Å²) in [6, 6.07) is 4.53. The molecule has 0 aliphatic heterocycles. The van der Waals surface area contributed by atoms with Gasteiger partial charge in [-0.15, -0.1) is 11.3 Å². The van der Waals surface area contributed by atoms with E-state index < -0.39 is 0 Å². The van der Waals surface area contributed by atoms with E-state index in [9.17, 15) is 0 Å². The van der Waals surface area contributed by atoms with Crippen LogP contribution in [0.4, 0.5) is 0 Å². The first-order valence-electron chi connectivity index (χ1n) is 5.14. The van der Waals surface area contributed by atoms with Crippen LogP contribution in [-0.4, -0.2) is 6.54 Å². The van der Waals surface area contributed by atoms with Crippen LogP contribution in [0.2, 0.25) is 0 Å². The number of aryl methyl sites for hydroxylation is 2. The van der Waals surface area contributed by atoms with Crippen LogP contribution in [0.3, 0.4) is 0 Å². The van der Waals surface area contributed by atoms with Crippen LogP contribution in [0.5, 0.6) is 0 Å². The van der Waals surface area contributed by atoms with E-state index in [1.165, 1.54) is 29.0 Å². The van der Waals surface area contributed by atoms with Crippen molar-refractivity contribution in [1.29, 1.82) is 0 Å². The second kappa shape index (κ2) is 6.17. The van der Waals surface area contributed by atoms with Crippen molar-refractivity contribution in [2.24, 2.45) is 5.73 Å². The fourth-order valence-electron chi connectivity index (χ4n) is 1.32. The Balaban J connectivity index is 2.34. The predicted octanol–water partition coefficient (Wildman–Crippen LogP) is 2.98. The quantitative estimate of drug-likeness (QED) is 0.745. The molecule has 2 N–H and O–H groups in total. The lowest BCUT2D eigenvalue weighted by atomic mass is 10.2. The molecule has 0 spiro atoms. The second-order valence-corrected chi connectivity index (χ2v) is 4.62. The van der Waals surface area contributed by atoms with Gasteiger partial charge in [0.25, 0.3) is 0 Å². The van der Waals surface area contributed by atoms with Crippen LogP contribution in [0.25, 0.3) is 0 Å². The summed E-state index contributed by atoms with van der Waals surface area (Å²) in [5.41, 5.74) is 5.47. The van der Waals surface area contributed by atoms with Crippen molar-refractivity contribution in [3.05, 3.63) is 21.9 Å². The largest absolute Gasteiger partial charge is 0.330 e. The molecule has 0 radical (unpaired) electrons. The van der Waals surface area contributed by atoms with Gasteiger partial charge in [-0.3, -0.25) is 0 Å². The van der Waals surface area contributed by atoms with E-state index in [0.717, 1.165) is 19.4 Å². The number of thiophene rings is 1. The Bertz CT molecular complexity index is 207. The van der Waals surface area contributed by atoms with E-state index in [-0.39, 0.29) is 0 Å². The fraction of sp³-hybridized carbons (Fsp3) is 0.636. The van der Waals surface area contributed by atoms with Gasteiger partial charge in [0.2, 0.25) is 0 Å². The third-order valence-electron chi connectivity index (χ3n) is 2.12. The maximum Gasteiger partial charge on any atom is 0.00486 e. The molecule has 1 nitrogen and oxygen atoms in total. The zero-order chi connectivity index (χ0) is 9.52. The third kappa shape index (κ3) is 3.92. The monoisotopic (exact) mass is 197 g/mol. The predicted molar refractivity (Wildman–Crippen MR) is 60.3 cm³/mol. The number of nitrogens with two attached hydrogens (primary N) is 1. The summed E-state index contributed by atoms with van der Waals surface area (Å²) < 4.78 is 0. The van der Waals surface area contributed by atoms with E-state index >= 15 is 0 Å². The van der Waals surface area contributed by atoms with Crippen molar-refractivity contribution >= 4 is 11.3 Å². The molecule has 0 bridgehead atoms. The van der Waals surface area contributed by atoms with Gasteiger partial charge in [-0.1, -0.05) is 13.3 Å². The molecule has 0 amide bonds. The molecule has 0 saturated heterocycles. The molecule has 0 saturated carbocycles. The average Bonchev–Trinajstić information content (AvgIpc) is 2.59. The fourth-order valence-corrected chi connectivity index (χ4v) is 2.42. The molecule has 1 rings (SSSR count). The van der Waals surface area contributed by atoms with Crippen LogP contribution in [0, 0.1) is 0 Å². The molecule has 13 heavy (non-hydrogen) atoms. The smallest absolute Gasteiger partial charge is 0.00486 e. The molecule has 0 unspecified atom stereocenters. The van der Waals surface area contributed by atoms with Crippen LogP contribution < -0.4 is 5.73 Å². The first-order chi connectivity index (χ1) is 6.36. The van der Waals surface area contributed by atoms with Gasteiger partial charge in [-0.05, 0) is 44.4 Å². The highest BCUT2D eigenvalue weighted by atomic mass is 32.1. The zero-order valence-electron chi connectivity index (χ0n) is 8.38. The molecule has 0 aromatic carbocycles. The highest BCUT2D eigenvalue weighted by molar-refractivity contribution is 7.11. The molecule has 74 valence electrons. The summed E-state index contributed by atoms with van der Waals surface area (Å²) in [5.74, 6) is 0. The number of rotatable bonds is 6. The lowest BCUT2D eigenvalue weighted by molar-refractivity contribution is 0.804. The Kier molecular flexibility index (Phi) is 5.09. The SMILES string of the molecule is CCCCc1ccc(CCCN)s1. The maximum absolute atomic E-state index is 5.47. The molecule has 0 aliphatic carbocycles. The standard InChI is InChI=1S/C11H19NS/c1-2-3-5-10-7-8-11(13-10)6-4-9-12/h7-8H,2-6,9,12H2,1H3. The summed E-state index contributed by atoms with van der Waals surface area (Å²) in [6.07, 6.45) is 6.14. The van der Waals surface area contributed by atoms with Crippen LogP contribution in [0.1, 0.15) is 35.9 Å². The number of hydrogen-bond donors (Lipinski definition) is 1. The maximum atomic E-state index is 5.47. The molecule has 1 aromatic rings. The Morgan fingerprint density at radius 2 is 1.77 bits per heavy atom. The summed E-state index contributed by atoms with van der Waals surface area (Å²) in [7, 11) is 0. The molecule has 1 heterocycles. The van der Waals surface area contributed by atoms with Crippen molar-refractivity contribution in [2.75, 3.05) is 6.54 Å². The Hall–Kier alpha value is -0.340. The lowest BCUT2D eigenvalue weighted by Gasteiger charge is -1.94. The number of hydrogen-bond acceptors (Lipinski definition) is 2. The highest BCUT2D eigenvalue weighted by Crippen LogP contribution is 2.19. The van der Waals surface area contributed by atoms with E-state index in [2.05, 4.69) is 19.1 Å². The van der Waals surface area contributed by atoms with Gasteiger partial charge < -0.3 is 5.73 Å². The minimum absolute atomic E-state index is 0.808. The van der Waals surface area contributed by atoms with E-state index in [0.29, 0.717) is 0 Å². The number of unbranched alkanes of at least 4 members (excludes halogenated alkanes) is 1. The molecule has 1 aromatic heterocycles. The van der Waals surface area contributed by atoms with E-state index in [1.54, 1.807) is 0 Å². The second-order valence-electron chi connectivity index (χ2n) is 3.36. The minimum atomic E-state index is 0.808. The average molecular weight is 197 g/mol. The highest BCUT2D eigenvalue weighted by Gasteiger charge is 1.98. The van der Waals surface area contributed by atoms with Crippen molar-refractivity contribution in [2.45, 2.75) is 39.0 Å². The van der Waals surface area contributed by atoms with Crippen molar-refractivity contribution in [3.8, 4) is 0 Å². The molecular weight excluding hydrogens is 178 g/mol. The summed E-state index contributed by atoms with van der Waals surface area (Å²) in [4.78, 5) is 3.03. The zero-order valence-corrected chi connectivity index (χ0v) is 9.20. The van der Waals surface area contributed by atoms with Gasteiger partial charge in [0.1, 0.15) is 0 Å². The van der Waals surface area contributed by atoms with E-state index in [1.807, 2.05) is 11.3 Å². The van der Waals surface area contributed by atoms with Crippen molar-refractivity contribution in [1.82, 2.24) is 0 Å². The molecule has 0 aliphatic rings. The normalized spacial score (nSPS) is 10.6. The summed E-state index contributed by atoms with van der Waals surface area (Å²) in [5, 5.41) is 0. The van der Waals surface area contributed by atoms with E-state index in [4.69, 9.17) is 5.73 Å². The van der Waals surface area contributed by atoms with Gasteiger partial charge in [0.15, 0.2) is 0 Å². The van der Waals surface area contributed by atoms with Gasteiger partial charge >= 0.3 is 0 Å². The van der Waals surface area contributed by atoms with Gasteiger partial charge in [0.05, 0.1) is 0 Å². The van der Waals surface area contributed by atoms with Crippen molar-refractivity contribution in [3.63, 3.8) is 0 Å². The summed E-state index contributed by atoms with van der Waals surface area (Å²) >= 11 is 1.96. The molecular formula is C11H19NS. The first-order valence-corrected chi connectivity index (χ1v) is 5.96. The lowest BCUT2D eigenvalue weighted by Crippen LogP contribution is -1.99. The third-order valence-corrected chi connectivity index (χ3v) is 3.33. The topological polar surface area (TPSA) is 26.0 Å². The van der Waals surface area contributed by atoms with Crippen LogP contribution in [-0.2, 0) is 12.8 Å².